The van der Waals surface area contributed by atoms with E-state index in [2.05, 4.69) is 25.8 Å². The molecule has 0 bridgehead atoms. The third-order valence-corrected chi connectivity index (χ3v) is 3.48. The molecule has 0 saturated carbocycles. The maximum Gasteiger partial charge on any atom is 0.244 e. The number of rotatable bonds is 7. The van der Waals surface area contributed by atoms with Gasteiger partial charge in [0.05, 0.1) is 13.3 Å². The summed E-state index contributed by atoms with van der Waals surface area (Å²) in [6.45, 7) is 0.691. The van der Waals surface area contributed by atoms with E-state index in [0.29, 0.717) is 18.3 Å². The molecule has 0 aliphatic heterocycles. The number of nitrogens with one attached hydrogen (secondary N) is 2. The number of nitrogens with zero attached hydrogens (tertiary/aromatic N) is 3. The van der Waals surface area contributed by atoms with Gasteiger partial charge in [-0.3, -0.25) is 0 Å². The zero-order chi connectivity index (χ0) is 16.6. The fourth-order valence-corrected chi connectivity index (χ4v) is 2.33. The van der Waals surface area contributed by atoms with Crippen molar-refractivity contribution in [2.24, 2.45) is 0 Å². The van der Waals surface area contributed by atoms with Gasteiger partial charge in [0.15, 0.2) is 5.82 Å². The molecule has 122 valence electrons. The van der Waals surface area contributed by atoms with Gasteiger partial charge in [-0.15, -0.1) is 5.10 Å². The summed E-state index contributed by atoms with van der Waals surface area (Å²) in [6.07, 6.45) is 2.40. The first-order valence-electron chi connectivity index (χ1n) is 7.73. The average molecular weight is 321 g/mol. The van der Waals surface area contributed by atoms with Gasteiger partial charge in [0.25, 0.3) is 0 Å². The van der Waals surface area contributed by atoms with Crippen LogP contribution < -0.4 is 15.4 Å². The van der Waals surface area contributed by atoms with Gasteiger partial charge < -0.3 is 15.4 Å². The molecule has 6 nitrogen and oxygen atoms in total. The Morgan fingerprint density at radius 1 is 1.00 bits per heavy atom. The van der Waals surface area contributed by atoms with Crippen LogP contribution in [0.4, 0.5) is 17.5 Å². The van der Waals surface area contributed by atoms with Crippen molar-refractivity contribution in [3.8, 4) is 5.75 Å². The molecule has 0 unspecified atom stereocenters. The van der Waals surface area contributed by atoms with Crippen LogP contribution in [0.2, 0.25) is 0 Å². The Labute approximate surface area is 140 Å². The van der Waals surface area contributed by atoms with Gasteiger partial charge in [0.1, 0.15) is 5.75 Å². The number of para-hydroxylation sites is 2. The van der Waals surface area contributed by atoms with Crippen molar-refractivity contribution in [2.75, 3.05) is 24.3 Å². The Morgan fingerprint density at radius 2 is 1.79 bits per heavy atom. The van der Waals surface area contributed by atoms with E-state index in [-0.39, 0.29) is 0 Å². The van der Waals surface area contributed by atoms with Crippen molar-refractivity contribution in [1.29, 1.82) is 0 Å². The summed E-state index contributed by atoms with van der Waals surface area (Å²) >= 11 is 0. The minimum atomic E-state index is 0.492. The predicted molar refractivity (Wildman–Crippen MR) is 94.7 cm³/mol. The highest BCUT2D eigenvalue weighted by atomic mass is 16.5. The van der Waals surface area contributed by atoms with Gasteiger partial charge >= 0.3 is 0 Å². The lowest BCUT2D eigenvalue weighted by Gasteiger charge is -2.09. The predicted octanol–water partition coefficient (Wildman–Crippen LogP) is 3.28. The Hall–Kier alpha value is -3.15. The Morgan fingerprint density at radius 3 is 2.62 bits per heavy atom. The minimum Gasteiger partial charge on any atom is -0.496 e. The van der Waals surface area contributed by atoms with Crippen LogP contribution >= 0.6 is 0 Å². The molecule has 24 heavy (non-hydrogen) atoms. The van der Waals surface area contributed by atoms with Crippen molar-refractivity contribution >= 4 is 17.5 Å². The van der Waals surface area contributed by atoms with Gasteiger partial charge in [-0.1, -0.05) is 36.4 Å². The van der Waals surface area contributed by atoms with Crippen LogP contribution in [0.25, 0.3) is 0 Å². The van der Waals surface area contributed by atoms with Crippen molar-refractivity contribution in [1.82, 2.24) is 15.2 Å². The highest BCUT2D eigenvalue weighted by Gasteiger charge is 2.03. The topological polar surface area (TPSA) is 72.0 Å². The van der Waals surface area contributed by atoms with Gasteiger partial charge in [-0.2, -0.15) is 10.1 Å². The molecule has 0 saturated heterocycles. The van der Waals surface area contributed by atoms with Crippen LogP contribution in [0.5, 0.6) is 5.75 Å². The number of aromatic nitrogens is 3. The number of hydrogen-bond donors (Lipinski definition) is 2. The SMILES string of the molecule is COc1ccccc1CCNc1nncc(Nc2ccccc2)n1. The van der Waals surface area contributed by atoms with E-state index in [4.69, 9.17) is 4.74 Å². The van der Waals surface area contributed by atoms with E-state index in [0.717, 1.165) is 23.4 Å². The van der Waals surface area contributed by atoms with Gasteiger partial charge in [0.2, 0.25) is 5.95 Å². The highest BCUT2D eigenvalue weighted by molar-refractivity contribution is 5.55. The molecule has 0 spiro atoms. The normalized spacial score (nSPS) is 10.2. The number of anilines is 3. The first kappa shape index (κ1) is 15.7. The molecular formula is C18H19N5O. The summed E-state index contributed by atoms with van der Waals surface area (Å²) in [7, 11) is 1.68. The number of hydrogen-bond acceptors (Lipinski definition) is 6. The van der Waals surface area contributed by atoms with E-state index in [1.54, 1.807) is 13.3 Å². The summed E-state index contributed by atoms with van der Waals surface area (Å²) in [5.41, 5.74) is 2.09. The second kappa shape index (κ2) is 7.92. The number of ether oxygens (including phenoxy) is 1. The summed E-state index contributed by atoms with van der Waals surface area (Å²) in [6, 6.07) is 17.8. The molecular weight excluding hydrogens is 302 g/mol. The average Bonchev–Trinajstić information content (AvgIpc) is 2.63. The third-order valence-electron chi connectivity index (χ3n) is 3.48. The molecule has 3 rings (SSSR count). The van der Waals surface area contributed by atoms with Gasteiger partial charge in [-0.25, -0.2) is 0 Å². The molecule has 1 heterocycles. The smallest absolute Gasteiger partial charge is 0.244 e. The monoisotopic (exact) mass is 321 g/mol. The van der Waals surface area contributed by atoms with Crippen LogP contribution in [0.1, 0.15) is 5.56 Å². The van der Waals surface area contributed by atoms with Crippen LogP contribution in [0.15, 0.2) is 60.8 Å². The first-order valence-corrected chi connectivity index (χ1v) is 7.73. The molecule has 0 amide bonds. The van der Waals surface area contributed by atoms with Crippen molar-refractivity contribution in [3.05, 3.63) is 66.4 Å². The molecule has 0 radical (unpaired) electrons. The zero-order valence-electron chi connectivity index (χ0n) is 13.4. The quantitative estimate of drug-likeness (QED) is 0.696. The zero-order valence-corrected chi connectivity index (χ0v) is 13.4. The van der Waals surface area contributed by atoms with E-state index in [9.17, 15) is 0 Å². The van der Waals surface area contributed by atoms with Gasteiger partial charge in [-0.05, 0) is 30.2 Å². The maximum atomic E-state index is 5.35. The largest absolute Gasteiger partial charge is 0.496 e. The third kappa shape index (κ3) is 4.19. The van der Waals surface area contributed by atoms with E-state index in [1.165, 1.54) is 0 Å². The summed E-state index contributed by atoms with van der Waals surface area (Å²) in [5, 5.41) is 14.4. The van der Waals surface area contributed by atoms with Crippen LogP contribution in [-0.2, 0) is 6.42 Å². The Kier molecular flexibility index (Phi) is 5.19. The molecule has 2 N–H and O–H groups in total. The summed E-state index contributed by atoms with van der Waals surface area (Å²) in [4.78, 5) is 4.41. The standard InChI is InChI=1S/C18H19N5O/c1-24-16-10-6-5-7-14(16)11-12-19-18-22-17(13-20-23-18)21-15-8-3-2-4-9-15/h2-10,13H,11-12H2,1H3,(H2,19,21,22,23). The number of benzene rings is 2. The first-order chi connectivity index (χ1) is 11.8. The molecule has 0 fully saturated rings. The van der Waals surface area contributed by atoms with E-state index < -0.39 is 0 Å². The van der Waals surface area contributed by atoms with Crippen molar-refractivity contribution < 1.29 is 4.74 Å². The van der Waals surface area contributed by atoms with Crippen molar-refractivity contribution in [2.45, 2.75) is 6.42 Å². The lowest BCUT2D eigenvalue weighted by Crippen LogP contribution is -2.10. The second-order valence-electron chi connectivity index (χ2n) is 5.14. The fourth-order valence-electron chi connectivity index (χ4n) is 2.33. The molecule has 0 aliphatic carbocycles. The molecule has 3 aromatic rings. The fraction of sp³-hybridized carbons (Fsp3) is 0.167. The molecule has 2 aromatic carbocycles. The molecule has 0 aliphatic rings. The van der Waals surface area contributed by atoms with E-state index >= 15 is 0 Å². The van der Waals surface area contributed by atoms with Gasteiger partial charge in [0, 0.05) is 12.2 Å². The number of methoxy groups -OCH3 is 1. The van der Waals surface area contributed by atoms with Crippen LogP contribution in [0.3, 0.4) is 0 Å². The van der Waals surface area contributed by atoms with E-state index in [1.807, 2.05) is 54.6 Å². The molecule has 1 aromatic heterocycles. The highest BCUT2D eigenvalue weighted by Crippen LogP contribution is 2.18. The summed E-state index contributed by atoms with van der Waals surface area (Å²) < 4.78 is 5.35. The minimum absolute atomic E-state index is 0.492. The second-order valence-corrected chi connectivity index (χ2v) is 5.14. The van der Waals surface area contributed by atoms with Crippen LogP contribution in [-0.4, -0.2) is 28.8 Å². The lowest BCUT2D eigenvalue weighted by atomic mass is 10.1. The maximum absolute atomic E-state index is 5.35. The van der Waals surface area contributed by atoms with Crippen LogP contribution in [0, 0.1) is 0 Å². The lowest BCUT2D eigenvalue weighted by molar-refractivity contribution is 0.410. The Bertz CT molecular complexity index is 779. The van der Waals surface area contributed by atoms with Crippen molar-refractivity contribution in [3.63, 3.8) is 0 Å². The Balaban J connectivity index is 1.59. The summed E-state index contributed by atoms with van der Waals surface area (Å²) in [5.74, 6) is 2.03. The molecule has 6 heteroatoms. The molecule has 0 atom stereocenters.